The molecule has 130 valence electrons. The van der Waals surface area contributed by atoms with Crippen LogP contribution in [0.5, 0.6) is 11.5 Å². The summed E-state index contributed by atoms with van der Waals surface area (Å²) in [6.07, 6.45) is 0. The first-order chi connectivity index (χ1) is 11.4. The van der Waals surface area contributed by atoms with Gasteiger partial charge in [0.25, 0.3) is 0 Å². The predicted octanol–water partition coefficient (Wildman–Crippen LogP) is 1.18. The molecule has 0 aromatic heterocycles. The zero-order valence-corrected chi connectivity index (χ0v) is 14.2. The maximum atomic E-state index is 12.3. The Labute approximate surface area is 140 Å². The molecule has 0 radical (unpaired) electrons. The number of carbonyl (C=O) groups is 3. The Balaban J connectivity index is 2.25. The van der Waals surface area contributed by atoms with Crippen molar-refractivity contribution in [3.63, 3.8) is 0 Å². The second kappa shape index (κ2) is 7.33. The third-order valence-corrected chi connectivity index (χ3v) is 4.00. The molecular weight excluding hydrogens is 314 g/mol. The molecular formula is C17H21NO6. The van der Waals surface area contributed by atoms with Crippen molar-refractivity contribution in [1.29, 1.82) is 0 Å². The summed E-state index contributed by atoms with van der Waals surface area (Å²) in [5.74, 6) is -1.09. The van der Waals surface area contributed by atoms with Gasteiger partial charge < -0.3 is 19.1 Å². The summed E-state index contributed by atoms with van der Waals surface area (Å²) < 4.78 is 15.4. The maximum absolute atomic E-state index is 12.3. The van der Waals surface area contributed by atoms with Crippen LogP contribution in [0.25, 0.3) is 0 Å². The second-order valence-corrected chi connectivity index (χ2v) is 5.43. The van der Waals surface area contributed by atoms with E-state index in [9.17, 15) is 14.4 Å². The van der Waals surface area contributed by atoms with Gasteiger partial charge in [0, 0.05) is 11.6 Å². The lowest BCUT2D eigenvalue weighted by Gasteiger charge is -2.44. The molecule has 1 aliphatic heterocycles. The number of hydrogen-bond acceptors (Lipinski definition) is 6. The highest BCUT2D eigenvalue weighted by Gasteiger charge is 2.54. The number of carbonyl (C=O) groups excluding carboxylic acids is 3. The van der Waals surface area contributed by atoms with E-state index < -0.39 is 17.9 Å². The minimum absolute atomic E-state index is 0.152. The molecule has 1 aliphatic rings. The van der Waals surface area contributed by atoms with Gasteiger partial charge in [0.05, 0.1) is 27.4 Å². The van der Waals surface area contributed by atoms with Crippen molar-refractivity contribution >= 4 is 17.7 Å². The van der Waals surface area contributed by atoms with Gasteiger partial charge in [-0.3, -0.25) is 9.59 Å². The number of hydrogen-bond donors (Lipinski definition) is 0. The van der Waals surface area contributed by atoms with Gasteiger partial charge in [-0.05, 0) is 26.0 Å². The van der Waals surface area contributed by atoms with E-state index in [2.05, 4.69) is 0 Å². The molecule has 7 heteroatoms. The third kappa shape index (κ3) is 3.20. The van der Waals surface area contributed by atoms with Crippen LogP contribution in [0.4, 0.5) is 0 Å². The first kappa shape index (κ1) is 17.8. The fourth-order valence-electron chi connectivity index (χ4n) is 2.78. The SMILES string of the molecule is CCOC(=O)[C@@H]1[C@@H](C(C)=O)C(=O)N1Cc1ccc(OC)cc1OC. The van der Waals surface area contributed by atoms with Gasteiger partial charge in [-0.25, -0.2) is 4.79 Å². The largest absolute Gasteiger partial charge is 0.497 e. The van der Waals surface area contributed by atoms with Crippen LogP contribution in [0.15, 0.2) is 18.2 Å². The predicted molar refractivity (Wildman–Crippen MR) is 84.7 cm³/mol. The smallest absolute Gasteiger partial charge is 0.330 e. The molecule has 0 saturated carbocycles. The van der Waals surface area contributed by atoms with E-state index in [4.69, 9.17) is 14.2 Å². The molecule has 1 heterocycles. The molecule has 7 nitrogen and oxygen atoms in total. The first-order valence-corrected chi connectivity index (χ1v) is 7.63. The van der Waals surface area contributed by atoms with E-state index in [0.29, 0.717) is 17.1 Å². The summed E-state index contributed by atoms with van der Waals surface area (Å²) >= 11 is 0. The number of amides is 1. The standard InChI is InChI=1S/C17H21NO6/c1-5-24-17(21)15-14(10(2)19)16(20)18(15)9-11-6-7-12(22-3)8-13(11)23-4/h6-8,14-15H,5,9H2,1-4H3/t14-,15+/m1/s1. The molecule has 1 saturated heterocycles. The number of ether oxygens (including phenoxy) is 3. The van der Waals surface area contributed by atoms with E-state index in [0.717, 1.165) is 0 Å². The minimum Gasteiger partial charge on any atom is -0.497 e. The Morgan fingerprint density at radius 2 is 1.92 bits per heavy atom. The molecule has 0 bridgehead atoms. The molecule has 1 aromatic carbocycles. The Kier molecular flexibility index (Phi) is 5.43. The number of benzene rings is 1. The number of nitrogens with zero attached hydrogens (tertiary/aromatic N) is 1. The molecule has 0 spiro atoms. The number of β-lactam (4-membered cyclic amide) rings is 1. The van der Waals surface area contributed by atoms with Crippen LogP contribution in [0.2, 0.25) is 0 Å². The highest BCUT2D eigenvalue weighted by molar-refractivity contribution is 6.11. The van der Waals surface area contributed by atoms with Crippen molar-refractivity contribution in [2.75, 3.05) is 20.8 Å². The van der Waals surface area contributed by atoms with Crippen LogP contribution >= 0.6 is 0 Å². The highest BCUT2D eigenvalue weighted by Crippen LogP contribution is 2.33. The number of esters is 1. The van der Waals surface area contributed by atoms with E-state index in [1.54, 1.807) is 32.2 Å². The van der Waals surface area contributed by atoms with Crippen LogP contribution in [-0.4, -0.2) is 49.4 Å². The summed E-state index contributed by atoms with van der Waals surface area (Å²) in [6, 6.07) is 4.31. The third-order valence-electron chi connectivity index (χ3n) is 4.00. The molecule has 24 heavy (non-hydrogen) atoms. The van der Waals surface area contributed by atoms with Gasteiger partial charge in [-0.2, -0.15) is 0 Å². The molecule has 0 N–H and O–H groups in total. The first-order valence-electron chi connectivity index (χ1n) is 7.63. The van der Waals surface area contributed by atoms with Crippen LogP contribution < -0.4 is 9.47 Å². The van der Waals surface area contributed by atoms with Crippen LogP contribution in [0.1, 0.15) is 19.4 Å². The summed E-state index contributed by atoms with van der Waals surface area (Å²) in [7, 11) is 3.05. The van der Waals surface area contributed by atoms with Crippen molar-refractivity contribution in [3.8, 4) is 11.5 Å². The lowest BCUT2D eigenvalue weighted by atomic mass is 9.83. The lowest BCUT2D eigenvalue weighted by molar-refractivity contribution is -0.177. The van der Waals surface area contributed by atoms with Gasteiger partial charge in [-0.1, -0.05) is 0 Å². The Hall–Kier alpha value is -2.57. The van der Waals surface area contributed by atoms with E-state index in [1.807, 2.05) is 0 Å². The van der Waals surface area contributed by atoms with Gasteiger partial charge in [-0.15, -0.1) is 0 Å². The van der Waals surface area contributed by atoms with Crippen molar-refractivity contribution in [3.05, 3.63) is 23.8 Å². The fraction of sp³-hybridized carbons (Fsp3) is 0.471. The average molecular weight is 335 g/mol. The van der Waals surface area contributed by atoms with E-state index >= 15 is 0 Å². The number of ketones is 1. The van der Waals surface area contributed by atoms with E-state index in [-0.39, 0.29) is 24.8 Å². The van der Waals surface area contributed by atoms with Crippen molar-refractivity contribution < 1.29 is 28.6 Å². The highest BCUT2D eigenvalue weighted by atomic mass is 16.5. The Morgan fingerprint density at radius 3 is 2.46 bits per heavy atom. The molecule has 2 rings (SSSR count). The van der Waals surface area contributed by atoms with Crippen molar-refractivity contribution in [2.24, 2.45) is 5.92 Å². The molecule has 1 aromatic rings. The van der Waals surface area contributed by atoms with Crippen molar-refractivity contribution in [1.82, 2.24) is 4.90 Å². The molecule has 2 atom stereocenters. The topological polar surface area (TPSA) is 82.1 Å². The lowest BCUT2D eigenvalue weighted by Crippen LogP contribution is -2.66. The van der Waals surface area contributed by atoms with Gasteiger partial charge in [0.1, 0.15) is 29.2 Å². The molecule has 1 fully saturated rings. The van der Waals surface area contributed by atoms with Crippen LogP contribution in [-0.2, 0) is 25.7 Å². The van der Waals surface area contributed by atoms with Gasteiger partial charge in [0.15, 0.2) is 0 Å². The zero-order chi connectivity index (χ0) is 17.9. The minimum atomic E-state index is -0.965. The van der Waals surface area contributed by atoms with Gasteiger partial charge in [0.2, 0.25) is 5.91 Å². The normalized spacial score (nSPS) is 19.5. The van der Waals surface area contributed by atoms with Crippen LogP contribution in [0.3, 0.4) is 0 Å². The summed E-state index contributed by atoms with van der Waals surface area (Å²) in [5, 5.41) is 0. The summed E-state index contributed by atoms with van der Waals surface area (Å²) in [5.41, 5.74) is 0.711. The summed E-state index contributed by atoms with van der Waals surface area (Å²) in [4.78, 5) is 37.4. The monoisotopic (exact) mass is 335 g/mol. The van der Waals surface area contributed by atoms with Crippen LogP contribution in [0, 0.1) is 5.92 Å². The Bertz CT molecular complexity index is 656. The summed E-state index contributed by atoms with van der Waals surface area (Å²) in [6.45, 7) is 3.32. The molecule has 0 unspecified atom stereocenters. The number of Topliss-reactive ketones (excluding diaryl/α,β-unsaturated/α-hetero) is 1. The number of methoxy groups -OCH3 is 2. The number of likely N-dealkylation sites (tertiary alicyclic amines) is 1. The van der Waals surface area contributed by atoms with E-state index in [1.165, 1.54) is 18.9 Å². The average Bonchev–Trinajstić information content (AvgIpc) is 2.56. The number of rotatable bonds is 7. The maximum Gasteiger partial charge on any atom is 0.330 e. The quantitative estimate of drug-likeness (QED) is 0.423. The second-order valence-electron chi connectivity index (χ2n) is 5.43. The Morgan fingerprint density at radius 1 is 1.21 bits per heavy atom. The van der Waals surface area contributed by atoms with Gasteiger partial charge >= 0.3 is 5.97 Å². The van der Waals surface area contributed by atoms with Crippen molar-refractivity contribution in [2.45, 2.75) is 26.4 Å². The zero-order valence-electron chi connectivity index (χ0n) is 14.2. The molecule has 0 aliphatic carbocycles. The molecule has 1 amide bonds. The fourth-order valence-corrected chi connectivity index (χ4v) is 2.78.